The Morgan fingerprint density at radius 3 is 1.00 bits per heavy atom. The zero-order chi connectivity index (χ0) is 102. The van der Waals surface area contributed by atoms with Crippen LogP contribution in [0.15, 0.2) is 30.3 Å². The van der Waals surface area contributed by atoms with Gasteiger partial charge in [-0.3, -0.25) is 113 Å². The topological polar surface area (TPSA) is 829 Å². The second-order valence-electron chi connectivity index (χ2n) is 33.6. The molecule has 0 saturated carbocycles. The zero-order valence-corrected chi connectivity index (χ0v) is 82.4. The Morgan fingerprint density at radius 2 is 0.652 bits per heavy atom. The number of carbonyl (C=O) groups is 19. The van der Waals surface area contributed by atoms with Crippen LogP contribution < -0.4 is 140 Å². The van der Waals surface area contributed by atoms with Crippen molar-refractivity contribution in [2.24, 2.45) is 40.7 Å². The number of hydrogen-bond acceptors (Lipinski definition) is 30. The van der Waals surface area contributed by atoms with Gasteiger partial charge in [-0.05, 0) is 94.4 Å². The first-order valence-electron chi connectivity index (χ1n) is 44.7. The van der Waals surface area contributed by atoms with Crippen molar-refractivity contribution in [3.8, 4) is 0 Å². The number of carbonyl (C=O) groups excluding carboxylic acids is 18. The minimum absolute atomic E-state index is 0.00351. The molecule has 36 N–H and O–H groups in total. The lowest BCUT2D eigenvalue weighted by Crippen LogP contribution is -2.63. The molecule has 6 bridgehead atoms. The highest BCUT2D eigenvalue weighted by Crippen LogP contribution is 2.28. The summed E-state index contributed by atoms with van der Waals surface area (Å²) in [4.78, 5) is 283. The molecule has 1 aromatic carbocycles. The molecule has 51 nitrogen and oxygen atoms in total. The molecule has 18 atom stereocenters. The summed E-state index contributed by atoms with van der Waals surface area (Å²) in [5, 5.41) is 109. The Hall–Kier alpha value is -11.7. The molecule has 138 heavy (non-hydrogen) atoms. The van der Waals surface area contributed by atoms with Crippen molar-refractivity contribution >= 4 is 201 Å². The van der Waals surface area contributed by atoms with E-state index in [-0.39, 0.29) is 96.8 Å². The minimum Gasteiger partial charge on any atom is -0.481 e. The van der Waals surface area contributed by atoms with Gasteiger partial charge in [0.2, 0.25) is 106 Å². The minimum atomic E-state index is -1.97. The summed E-state index contributed by atoms with van der Waals surface area (Å²) in [6.45, 7) is 8.74. The summed E-state index contributed by atoms with van der Waals surface area (Å²) < 4.78 is 0. The number of aliphatic carboxylic acids is 1. The molecule has 4 fully saturated rings. The van der Waals surface area contributed by atoms with E-state index in [1.807, 2.05) is 0 Å². The Labute approximate surface area is 821 Å². The van der Waals surface area contributed by atoms with Crippen molar-refractivity contribution in [2.75, 3.05) is 73.8 Å². The predicted octanol–water partition coefficient (Wildman–Crippen LogP) is -8.54. The standard InChI is InChI=1S/C81H132N30O21S6/c1-8-40(6)60-76(131)108-55-37-138-134-33-51(106-68(123)49(29-42-16-10-9-11-17-42)96-56(113)30-94-63(118)44(19-13-25-91-79(84)85)101-77(132)61(41(7)112)111-74(55)129)70(125)99-46(21-15-27-93-81(88)89)65(120)103-52-34-135-137-36-54(73(128)110-60)104-66(121)47(22-23-58(115)116)100-71(126)53-35-136-133-32-50(105-67(122)48(28-38(2)3)102-72(52)127)69(124)98-45(20-14-26-92-80(86)87)64(119)97-43(18-12-24-90-78(82)83)62(117)95-31-57(114)109-59(39(4)5)75(130)107-53/h9-11,16-17,38-41,43-55,59-61,112H,8,12-15,18-37H2,1-7H3,(H,94,118)(H,95,117)(H,96,113)(H,97,119)(H,98,124)(H,99,125)(H,100,126)(H,101,132)(H,102,127)(H,103,120)(H,104,121)(H,105,122)(H,106,123)(H,107,130)(H,108,131)(H,109,114)(H,110,128)(H,111,129)(H,115,116)(H4,82,83,90)(H4,84,85,91)(H4,86,87,92)(H4,88,89,93)/t40-,41+,43-,44-,45-,46-,47-,48-,49-,50-,51-,52-,53-,54-,55-,59-,60-,61-/m0/s1. The van der Waals surface area contributed by atoms with E-state index in [2.05, 4.69) is 117 Å². The summed E-state index contributed by atoms with van der Waals surface area (Å²) in [5.74, 6) is -28.4. The number of carboxylic acids is 1. The van der Waals surface area contributed by atoms with Crippen molar-refractivity contribution in [1.82, 2.24) is 117 Å². The molecular weight excluding hydrogens is 1920 g/mol. The number of carboxylic acid groups (broad SMARTS) is 1. The van der Waals surface area contributed by atoms with E-state index in [9.17, 15) is 48.6 Å². The van der Waals surface area contributed by atoms with Crippen LogP contribution >= 0.6 is 64.8 Å². The van der Waals surface area contributed by atoms with Gasteiger partial charge in [0.15, 0.2) is 23.8 Å². The van der Waals surface area contributed by atoms with E-state index >= 15 is 52.7 Å². The summed E-state index contributed by atoms with van der Waals surface area (Å²) in [5.41, 5.74) is 22.8. The normalized spacial score (nSPS) is 26.3. The lowest BCUT2D eigenvalue weighted by molar-refractivity contribution is -0.138. The molecule has 0 radical (unpaired) electrons. The van der Waals surface area contributed by atoms with E-state index < -0.39 is 317 Å². The van der Waals surface area contributed by atoms with Gasteiger partial charge >= 0.3 is 5.97 Å². The first kappa shape index (κ1) is 117. The van der Waals surface area contributed by atoms with Crippen molar-refractivity contribution in [3.05, 3.63) is 35.9 Å². The summed E-state index contributed by atoms with van der Waals surface area (Å²) in [6.07, 6.45) is -4.92. The molecule has 4 aliphatic heterocycles. The Kier molecular flexibility index (Phi) is 51.5. The number of aliphatic hydroxyl groups is 1. The van der Waals surface area contributed by atoms with Crippen LogP contribution in [0.5, 0.6) is 0 Å². The SMILES string of the molecule is CC[C@H](C)[C@@H]1NC(=O)[C@@H]2CSSC[C@H](NC(=O)[C@H](CCCNC(=N)N)NC(=O)[C@@H]3CSSC[C@H](NC1=O)C(=O)N[C@@H]([C@@H](C)O)C(=O)N[C@@H](CCCNC(=N)N)C(=O)NCC(=O)N[C@@H](Cc1ccccc1)C(=O)N3)C(=O)N[C@@H](CC(C)C)C(=O)N[C@H]1CSSC[C@H](NC(=O)[C@H](C(C)C)NC(=O)CNC(=O)[C@H](CCCNC(=N)N)NC(=O)[C@H](CCCNC(=N)N)NC1=O)C(=O)N[C@@H](CCC(=O)O)C(=O)N2. The quantitative estimate of drug-likeness (QED) is 0.0168. The molecule has 0 unspecified atom stereocenters. The molecular formula is C81H132N30O21S6. The van der Waals surface area contributed by atoms with Crippen molar-refractivity contribution in [3.63, 3.8) is 0 Å². The molecule has 4 aliphatic rings. The van der Waals surface area contributed by atoms with Crippen LogP contribution in [0.3, 0.4) is 0 Å². The third kappa shape index (κ3) is 42.7. The number of nitrogens with one attached hydrogen (secondary N) is 26. The number of amides is 18. The third-order valence-corrected chi connectivity index (χ3v) is 28.7. The maximum absolute atomic E-state index is 15.6. The fourth-order valence-electron chi connectivity index (χ4n) is 13.7. The fourth-order valence-corrected chi connectivity index (χ4v) is 20.7. The number of rotatable bonds is 27. The summed E-state index contributed by atoms with van der Waals surface area (Å²) >= 11 is 0. The average molecular weight is 2050 g/mol. The Bertz CT molecular complexity index is 4440. The van der Waals surface area contributed by atoms with Gasteiger partial charge in [0.1, 0.15) is 96.7 Å². The number of hydrogen-bond donors (Lipinski definition) is 32. The van der Waals surface area contributed by atoms with E-state index in [1.54, 1.807) is 51.1 Å². The first-order chi connectivity index (χ1) is 65.3. The van der Waals surface area contributed by atoms with Gasteiger partial charge in [-0.25, -0.2) is 0 Å². The number of guanidine groups is 4. The third-order valence-electron chi connectivity index (χ3n) is 21.5. The van der Waals surface area contributed by atoms with Crippen LogP contribution in [0.2, 0.25) is 0 Å². The first-order valence-corrected chi connectivity index (χ1v) is 52.2. The second kappa shape index (κ2) is 60.9. The van der Waals surface area contributed by atoms with Gasteiger partial charge in [-0.15, -0.1) is 0 Å². The Balaban J connectivity index is 1.85. The maximum atomic E-state index is 15.6. The van der Waals surface area contributed by atoms with Gasteiger partial charge in [-0.1, -0.05) is 143 Å². The molecule has 768 valence electrons. The lowest BCUT2D eigenvalue weighted by atomic mass is 9.97. The predicted molar refractivity (Wildman–Crippen MR) is 521 cm³/mol. The van der Waals surface area contributed by atoms with Gasteiger partial charge < -0.3 is 150 Å². The summed E-state index contributed by atoms with van der Waals surface area (Å²) in [7, 11) is 4.61. The summed E-state index contributed by atoms with van der Waals surface area (Å²) in [6, 6.07) is -19.5. The van der Waals surface area contributed by atoms with E-state index in [1.165, 1.54) is 20.8 Å². The molecule has 18 amide bonds. The van der Waals surface area contributed by atoms with Gasteiger partial charge in [0, 0.05) is 73.5 Å². The molecule has 4 heterocycles. The second-order valence-corrected chi connectivity index (χ2v) is 41.2. The highest BCUT2D eigenvalue weighted by atomic mass is 33.1. The molecule has 0 aromatic heterocycles. The molecule has 0 aliphatic carbocycles. The van der Waals surface area contributed by atoms with Crippen LogP contribution in [0.1, 0.15) is 131 Å². The highest BCUT2D eigenvalue weighted by Gasteiger charge is 2.42. The van der Waals surface area contributed by atoms with Crippen LogP contribution in [-0.4, -0.2) is 323 Å². The van der Waals surface area contributed by atoms with Crippen LogP contribution in [0, 0.1) is 39.4 Å². The van der Waals surface area contributed by atoms with E-state index in [4.69, 9.17) is 44.6 Å². The number of nitrogens with two attached hydrogens (primary N) is 4. The number of benzene rings is 1. The van der Waals surface area contributed by atoms with Crippen LogP contribution in [0.4, 0.5) is 0 Å². The zero-order valence-electron chi connectivity index (χ0n) is 77.5. The fraction of sp³-hybridized carbons (Fsp3) is 0.642. The maximum Gasteiger partial charge on any atom is 0.303 e. The molecule has 1 aromatic rings. The largest absolute Gasteiger partial charge is 0.481 e. The van der Waals surface area contributed by atoms with Crippen LogP contribution in [-0.2, 0) is 97.5 Å². The number of fused-ring (bicyclic) bond motifs is 15. The van der Waals surface area contributed by atoms with Crippen molar-refractivity contribution in [2.45, 2.75) is 235 Å². The van der Waals surface area contributed by atoms with Gasteiger partial charge in [-0.2, -0.15) is 0 Å². The van der Waals surface area contributed by atoms with E-state index in [0.717, 1.165) is 71.7 Å². The molecule has 0 spiro atoms. The van der Waals surface area contributed by atoms with Gasteiger partial charge in [0.25, 0.3) is 0 Å². The molecule has 57 heteroatoms. The smallest absolute Gasteiger partial charge is 0.303 e. The molecule has 4 saturated heterocycles. The monoisotopic (exact) mass is 2050 g/mol. The van der Waals surface area contributed by atoms with Crippen molar-refractivity contribution < 1.29 is 101 Å². The van der Waals surface area contributed by atoms with Gasteiger partial charge in [0.05, 0.1) is 19.2 Å². The average Bonchev–Trinajstić information content (AvgIpc) is 0.832. The van der Waals surface area contributed by atoms with Crippen molar-refractivity contribution in [1.29, 1.82) is 21.6 Å². The highest BCUT2D eigenvalue weighted by molar-refractivity contribution is 8.77. The van der Waals surface area contributed by atoms with E-state index in [0.29, 0.717) is 5.56 Å². The number of aliphatic hydroxyl groups excluding tert-OH is 1. The molecule has 5 rings (SSSR count). The lowest BCUT2D eigenvalue weighted by Gasteiger charge is -2.30. The Morgan fingerprint density at radius 1 is 0.362 bits per heavy atom. The van der Waals surface area contributed by atoms with Crippen LogP contribution in [0.25, 0.3) is 0 Å².